The molecule has 27 heavy (non-hydrogen) atoms. The highest BCUT2D eigenvalue weighted by Crippen LogP contribution is 2.29. The van der Waals surface area contributed by atoms with Gasteiger partial charge in [-0.2, -0.15) is 0 Å². The zero-order valence-corrected chi connectivity index (χ0v) is 16.3. The zero-order valence-electron chi connectivity index (χ0n) is 14.2. The second-order valence-electron chi connectivity index (χ2n) is 6.66. The lowest BCUT2D eigenvalue weighted by Crippen LogP contribution is -2.63. The van der Waals surface area contributed by atoms with Crippen LogP contribution in [0.25, 0.3) is 0 Å². The van der Waals surface area contributed by atoms with Crippen LogP contribution in [0, 0.1) is 21.0 Å². The van der Waals surface area contributed by atoms with Crippen molar-refractivity contribution in [1.82, 2.24) is 4.90 Å². The largest absolute Gasteiger partial charge is 0.396 e. The number of benzene rings is 2. The topological polar surface area (TPSA) is 60.8 Å². The van der Waals surface area contributed by atoms with Gasteiger partial charge in [-0.05, 0) is 52.4 Å². The predicted octanol–water partition coefficient (Wildman–Crippen LogP) is 2.87. The highest BCUT2D eigenvalue weighted by molar-refractivity contribution is 14.1. The minimum atomic E-state index is -1.19. The lowest BCUT2D eigenvalue weighted by Gasteiger charge is -2.46. The van der Waals surface area contributed by atoms with E-state index in [1.165, 1.54) is 23.1 Å². The molecule has 1 saturated heterocycles. The summed E-state index contributed by atoms with van der Waals surface area (Å²) in [5.41, 5.74) is -1.32. The Kier molecular flexibility index (Phi) is 5.78. The molecule has 2 aromatic carbocycles. The van der Waals surface area contributed by atoms with E-state index < -0.39 is 29.0 Å². The third-order valence-electron chi connectivity index (χ3n) is 4.64. The van der Waals surface area contributed by atoms with Crippen LogP contribution in [0.2, 0.25) is 0 Å². The molecule has 2 aromatic rings. The summed E-state index contributed by atoms with van der Waals surface area (Å²) in [7, 11) is 0. The first-order chi connectivity index (χ1) is 12.7. The fraction of sp³-hybridized carbons (Fsp3) is 0.316. The van der Waals surface area contributed by atoms with Crippen molar-refractivity contribution in [3.63, 3.8) is 0 Å². The molecular formula is C19H17F3INO3. The Labute approximate surface area is 167 Å². The van der Waals surface area contributed by atoms with Gasteiger partial charge in [0.15, 0.2) is 11.6 Å². The maximum absolute atomic E-state index is 14.4. The van der Waals surface area contributed by atoms with Gasteiger partial charge in [-0.3, -0.25) is 4.79 Å². The summed E-state index contributed by atoms with van der Waals surface area (Å²) < 4.78 is 43.0. The summed E-state index contributed by atoms with van der Waals surface area (Å²) in [5.74, 6) is -3.44. The van der Waals surface area contributed by atoms with E-state index in [9.17, 15) is 23.1 Å². The number of likely N-dealkylation sites (tertiary alicyclic amines) is 1. The molecule has 1 aliphatic rings. The minimum Gasteiger partial charge on any atom is -0.396 e. The number of halogens is 4. The van der Waals surface area contributed by atoms with Crippen molar-refractivity contribution in [3.8, 4) is 0 Å². The number of rotatable bonds is 5. The number of hydrogen-bond acceptors (Lipinski definition) is 3. The van der Waals surface area contributed by atoms with Gasteiger partial charge in [-0.1, -0.05) is 6.07 Å². The summed E-state index contributed by atoms with van der Waals surface area (Å²) >= 11 is 1.94. The van der Waals surface area contributed by atoms with Crippen LogP contribution >= 0.6 is 22.6 Å². The van der Waals surface area contributed by atoms with E-state index in [4.69, 9.17) is 5.11 Å². The van der Waals surface area contributed by atoms with Crippen LogP contribution in [0.1, 0.15) is 27.9 Å². The molecule has 0 spiro atoms. The Morgan fingerprint density at radius 1 is 1.15 bits per heavy atom. The van der Waals surface area contributed by atoms with Crippen LogP contribution in [0.5, 0.6) is 0 Å². The molecule has 0 bridgehead atoms. The summed E-state index contributed by atoms with van der Waals surface area (Å²) in [6.07, 6.45) is -0.155. The van der Waals surface area contributed by atoms with Crippen molar-refractivity contribution in [2.45, 2.75) is 18.4 Å². The van der Waals surface area contributed by atoms with Crippen LogP contribution in [0.3, 0.4) is 0 Å². The summed E-state index contributed by atoms with van der Waals surface area (Å²) in [6.45, 7) is -0.244. The average Bonchev–Trinajstić information content (AvgIpc) is 2.58. The fourth-order valence-corrected chi connectivity index (χ4v) is 3.62. The molecule has 8 heteroatoms. The van der Waals surface area contributed by atoms with Crippen LogP contribution in [0.4, 0.5) is 13.2 Å². The monoisotopic (exact) mass is 491 g/mol. The van der Waals surface area contributed by atoms with Crippen molar-refractivity contribution >= 4 is 28.5 Å². The zero-order chi connectivity index (χ0) is 19.8. The van der Waals surface area contributed by atoms with Gasteiger partial charge in [0.2, 0.25) is 0 Å². The smallest absolute Gasteiger partial charge is 0.254 e. The van der Waals surface area contributed by atoms with Crippen molar-refractivity contribution in [2.24, 2.45) is 0 Å². The second kappa shape index (κ2) is 7.76. The number of aliphatic hydroxyl groups is 2. The quantitative estimate of drug-likeness (QED) is 0.633. The molecule has 1 fully saturated rings. The number of amides is 1. The molecular weight excluding hydrogens is 474 g/mol. The van der Waals surface area contributed by atoms with Crippen molar-refractivity contribution < 1.29 is 28.2 Å². The molecule has 2 N–H and O–H groups in total. The first kappa shape index (κ1) is 20.1. The lowest BCUT2D eigenvalue weighted by atomic mass is 9.89. The molecule has 3 rings (SSSR count). The molecule has 1 amide bonds. The van der Waals surface area contributed by atoms with Gasteiger partial charge >= 0.3 is 0 Å². The van der Waals surface area contributed by atoms with E-state index in [1.54, 1.807) is 6.07 Å². The molecule has 144 valence electrons. The molecule has 0 unspecified atom stereocenters. The average molecular weight is 491 g/mol. The molecule has 0 aromatic heterocycles. The number of β-amino-alcohol motifs (C(OH)–C–C–N with tert-alkyl or cyclic N) is 1. The van der Waals surface area contributed by atoms with E-state index in [0.29, 0.717) is 3.57 Å². The Balaban J connectivity index is 1.90. The van der Waals surface area contributed by atoms with E-state index in [2.05, 4.69) is 0 Å². The number of hydrogen-bond donors (Lipinski definition) is 2. The Hall–Kier alpha value is -1.65. The third kappa shape index (κ3) is 4.12. The number of aliphatic hydroxyl groups excluding tert-OH is 1. The van der Waals surface area contributed by atoms with Gasteiger partial charge in [0.1, 0.15) is 11.4 Å². The first-order valence-electron chi connectivity index (χ1n) is 8.27. The summed E-state index contributed by atoms with van der Waals surface area (Å²) in [6, 6.07) is 6.42. The Morgan fingerprint density at radius 2 is 1.85 bits per heavy atom. The van der Waals surface area contributed by atoms with Crippen LogP contribution < -0.4 is 0 Å². The number of nitrogens with zero attached hydrogens (tertiary/aromatic N) is 1. The summed E-state index contributed by atoms with van der Waals surface area (Å²) in [4.78, 5) is 14.0. The SMILES string of the molecule is O=C(c1ccc(F)c(F)c1Cc1ccc(I)cc1F)N1CC(O)(CCO)C1. The van der Waals surface area contributed by atoms with Gasteiger partial charge in [-0.25, -0.2) is 13.2 Å². The maximum atomic E-state index is 14.4. The third-order valence-corrected chi connectivity index (χ3v) is 5.31. The molecule has 0 saturated carbocycles. The molecule has 1 aliphatic heterocycles. The lowest BCUT2D eigenvalue weighted by molar-refractivity contribution is -0.0923. The standard InChI is InChI=1S/C19H17F3INO3/c20-15-4-3-13(18(26)24-9-19(27,10-24)5-6-25)14(17(15)22)7-11-1-2-12(23)8-16(11)21/h1-4,8,25,27H,5-7,9-10H2. The van der Waals surface area contributed by atoms with Crippen LogP contribution in [-0.4, -0.2) is 46.3 Å². The van der Waals surface area contributed by atoms with Gasteiger partial charge in [0.25, 0.3) is 5.91 Å². The molecule has 1 heterocycles. The predicted molar refractivity (Wildman–Crippen MR) is 101 cm³/mol. The molecule has 4 nitrogen and oxygen atoms in total. The van der Waals surface area contributed by atoms with E-state index in [-0.39, 0.29) is 49.2 Å². The van der Waals surface area contributed by atoms with Gasteiger partial charge in [0.05, 0.1) is 13.1 Å². The van der Waals surface area contributed by atoms with Crippen molar-refractivity contribution in [1.29, 1.82) is 0 Å². The number of carbonyl (C=O) groups excluding carboxylic acids is 1. The van der Waals surface area contributed by atoms with Crippen molar-refractivity contribution in [2.75, 3.05) is 19.7 Å². The van der Waals surface area contributed by atoms with E-state index in [0.717, 1.165) is 6.07 Å². The second-order valence-corrected chi connectivity index (χ2v) is 7.90. The van der Waals surface area contributed by atoms with E-state index in [1.807, 2.05) is 22.6 Å². The fourth-order valence-electron chi connectivity index (χ4n) is 3.17. The Bertz CT molecular complexity index is 885. The normalized spacial score (nSPS) is 15.6. The van der Waals surface area contributed by atoms with Crippen LogP contribution in [0.15, 0.2) is 30.3 Å². The molecule has 0 atom stereocenters. The van der Waals surface area contributed by atoms with Gasteiger partial charge in [0, 0.05) is 34.1 Å². The first-order valence-corrected chi connectivity index (χ1v) is 9.35. The summed E-state index contributed by atoms with van der Waals surface area (Å²) in [5, 5.41) is 19.0. The minimum absolute atomic E-state index is 0.0112. The number of carbonyl (C=O) groups is 1. The van der Waals surface area contributed by atoms with Gasteiger partial charge < -0.3 is 15.1 Å². The molecule has 0 aliphatic carbocycles. The maximum Gasteiger partial charge on any atom is 0.254 e. The molecule has 0 radical (unpaired) electrons. The highest BCUT2D eigenvalue weighted by atomic mass is 127. The van der Waals surface area contributed by atoms with E-state index >= 15 is 0 Å². The van der Waals surface area contributed by atoms with Crippen LogP contribution in [-0.2, 0) is 6.42 Å². The van der Waals surface area contributed by atoms with Crippen molar-refractivity contribution in [3.05, 3.63) is 68.0 Å². The van der Waals surface area contributed by atoms with Gasteiger partial charge in [-0.15, -0.1) is 0 Å². The highest BCUT2D eigenvalue weighted by Gasteiger charge is 2.43. The Morgan fingerprint density at radius 3 is 2.48 bits per heavy atom.